The van der Waals surface area contributed by atoms with Gasteiger partial charge >= 0.3 is 0 Å². The monoisotopic (exact) mass is 270 g/mol. The highest BCUT2D eigenvalue weighted by molar-refractivity contribution is 7.88. The number of guanidine groups is 2. The molecule has 1 aromatic rings. The first-order chi connectivity index (χ1) is 8.29. The van der Waals surface area contributed by atoms with E-state index in [1.807, 2.05) is 4.83 Å². The summed E-state index contributed by atoms with van der Waals surface area (Å²) in [5.41, 5.74) is 11.3. The zero-order valence-electron chi connectivity index (χ0n) is 9.66. The Morgan fingerprint density at radius 1 is 1.33 bits per heavy atom. The molecule has 0 spiro atoms. The molecule has 18 heavy (non-hydrogen) atoms. The van der Waals surface area contributed by atoms with E-state index >= 15 is 0 Å². The number of hydrazine groups is 1. The fourth-order valence-electron chi connectivity index (χ4n) is 1.07. The van der Waals surface area contributed by atoms with E-state index in [0.29, 0.717) is 10.7 Å². The Hall–Kier alpha value is -2.13. The van der Waals surface area contributed by atoms with Crippen LogP contribution in [0.15, 0.2) is 35.3 Å². The first-order valence-electron chi connectivity index (χ1n) is 4.80. The van der Waals surface area contributed by atoms with Gasteiger partial charge in [-0.3, -0.25) is 5.41 Å². The van der Waals surface area contributed by atoms with Crippen molar-refractivity contribution in [2.75, 3.05) is 6.26 Å². The number of nitrogens with zero attached hydrogens (tertiary/aromatic N) is 2. The maximum absolute atomic E-state index is 11.1. The van der Waals surface area contributed by atoms with Gasteiger partial charge in [0.1, 0.15) is 0 Å². The van der Waals surface area contributed by atoms with Crippen LogP contribution in [0.2, 0.25) is 0 Å². The van der Waals surface area contributed by atoms with E-state index in [9.17, 15) is 8.42 Å². The van der Waals surface area contributed by atoms with Crippen LogP contribution in [-0.4, -0.2) is 31.6 Å². The van der Waals surface area contributed by atoms with Crippen LogP contribution in [0.4, 0.5) is 5.69 Å². The molecule has 0 fully saturated rings. The van der Waals surface area contributed by atoms with Crippen LogP contribution >= 0.6 is 0 Å². The molecule has 0 amide bonds. The van der Waals surface area contributed by atoms with Crippen LogP contribution in [0.25, 0.3) is 0 Å². The first kappa shape index (κ1) is 13.9. The zero-order valence-corrected chi connectivity index (χ0v) is 10.5. The minimum atomic E-state index is -3.61. The number of hydrogen-bond donors (Lipinski definition) is 4. The molecule has 8 nitrogen and oxygen atoms in total. The Labute approximate surface area is 105 Å². The second-order valence-electron chi connectivity index (χ2n) is 3.39. The molecule has 0 aliphatic heterocycles. The van der Waals surface area contributed by atoms with Crippen molar-refractivity contribution >= 4 is 27.6 Å². The smallest absolute Gasteiger partial charge is 0.226 e. The van der Waals surface area contributed by atoms with E-state index in [-0.39, 0.29) is 5.96 Å². The molecule has 6 N–H and O–H groups in total. The normalized spacial score (nSPS) is 12.2. The number of aliphatic imine (C=N–C) groups is 1. The van der Waals surface area contributed by atoms with Gasteiger partial charge in [0, 0.05) is 0 Å². The summed E-state index contributed by atoms with van der Waals surface area (Å²) in [5.74, 6) is -0.836. The molecule has 0 atom stereocenters. The maximum Gasteiger partial charge on any atom is 0.226 e. The fourth-order valence-corrected chi connectivity index (χ4v) is 1.59. The van der Waals surface area contributed by atoms with Gasteiger partial charge in [-0.1, -0.05) is 18.2 Å². The van der Waals surface area contributed by atoms with Crippen LogP contribution < -0.4 is 16.3 Å². The van der Waals surface area contributed by atoms with Crippen molar-refractivity contribution in [3.05, 3.63) is 30.3 Å². The Balaban J connectivity index is 3.00. The predicted octanol–water partition coefficient (Wildman–Crippen LogP) is -0.708. The molecule has 0 saturated carbocycles. The van der Waals surface area contributed by atoms with Crippen LogP contribution in [0.3, 0.4) is 0 Å². The molecule has 0 aromatic heterocycles. The standard InChI is InChI=1S/C9H14N6O2S/c1-18(16,17)14-15(8(10)11)9(12)13-7-5-3-2-4-6-7/h2-6,14H,1H3,(H3,10,11)(H2,12,13). The van der Waals surface area contributed by atoms with Gasteiger partial charge in [-0.25, -0.2) is 13.4 Å². The first-order valence-corrected chi connectivity index (χ1v) is 6.69. The average Bonchev–Trinajstić information content (AvgIpc) is 2.25. The van der Waals surface area contributed by atoms with E-state index in [2.05, 4.69) is 4.99 Å². The third-order valence-electron chi connectivity index (χ3n) is 1.73. The van der Waals surface area contributed by atoms with Crippen LogP contribution in [0, 0.1) is 5.41 Å². The van der Waals surface area contributed by atoms with Crippen molar-refractivity contribution in [2.24, 2.45) is 16.5 Å². The summed E-state index contributed by atoms with van der Waals surface area (Å²) in [6, 6.07) is 8.63. The lowest BCUT2D eigenvalue weighted by Crippen LogP contribution is -2.54. The van der Waals surface area contributed by atoms with E-state index < -0.39 is 16.0 Å². The third-order valence-corrected chi connectivity index (χ3v) is 2.24. The largest absolute Gasteiger partial charge is 0.368 e. The predicted molar refractivity (Wildman–Crippen MR) is 69.5 cm³/mol. The summed E-state index contributed by atoms with van der Waals surface area (Å²) in [7, 11) is -3.61. The molecule has 9 heteroatoms. The third kappa shape index (κ3) is 4.39. The van der Waals surface area contributed by atoms with Gasteiger partial charge in [-0.2, -0.15) is 5.01 Å². The Kier molecular flexibility index (Phi) is 4.23. The van der Waals surface area contributed by atoms with Crippen molar-refractivity contribution in [2.45, 2.75) is 0 Å². The van der Waals surface area contributed by atoms with E-state index in [1.54, 1.807) is 30.3 Å². The highest BCUT2D eigenvalue weighted by Gasteiger charge is 2.16. The second kappa shape index (κ2) is 5.47. The highest BCUT2D eigenvalue weighted by Crippen LogP contribution is 2.09. The topological polar surface area (TPSA) is 138 Å². The summed E-state index contributed by atoms with van der Waals surface area (Å²) < 4.78 is 22.2. The number of nitrogens with two attached hydrogens (primary N) is 2. The molecule has 98 valence electrons. The fraction of sp³-hybridized carbons (Fsp3) is 0.111. The molecule has 0 unspecified atom stereocenters. The zero-order chi connectivity index (χ0) is 13.8. The second-order valence-corrected chi connectivity index (χ2v) is 5.12. The number of hydrogen-bond acceptors (Lipinski definition) is 4. The number of sulfonamides is 1. The van der Waals surface area contributed by atoms with Gasteiger partial charge in [-0.15, -0.1) is 4.83 Å². The molecule has 0 aliphatic rings. The summed E-state index contributed by atoms with van der Waals surface area (Å²) in [6.07, 6.45) is 0.915. The van der Waals surface area contributed by atoms with Crippen molar-refractivity contribution in [1.82, 2.24) is 9.84 Å². The summed E-state index contributed by atoms with van der Waals surface area (Å²) in [4.78, 5) is 5.91. The number of rotatable bonds is 3. The van der Waals surface area contributed by atoms with Gasteiger partial charge < -0.3 is 11.5 Å². The molecule has 0 aliphatic carbocycles. The van der Waals surface area contributed by atoms with Crippen molar-refractivity contribution < 1.29 is 8.42 Å². The molecular weight excluding hydrogens is 256 g/mol. The molecular formula is C9H14N6O2S. The minimum Gasteiger partial charge on any atom is -0.368 e. The lowest BCUT2D eigenvalue weighted by atomic mass is 10.3. The Bertz CT molecular complexity index is 554. The molecule has 0 bridgehead atoms. The van der Waals surface area contributed by atoms with Crippen LogP contribution in [0.1, 0.15) is 0 Å². The Morgan fingerprint density at radius 3 is 2.33 bits per heavy atom. The molecule has 0 saturated heterocycles. The average molecular weight is 270 g/mol. The van der Waals surface area contributed by atoms with Crippen molar-refractivity contribution in [3.63, 3.8) is 0 Å². The van der Waals surface area contributed by atoms with E-state index in [4.69, 9.17) is 16.9 Å². The van der Waals surface area contributed by atoms with E-state index in [1.165, 1.54) is 0 Å². The quantitative estimate of drug-likeness (QED) is 0.326. The Morgan fingerprint density at radius 2 is 1.89 bits per heavy atom. The SMILES string of the molecule is CS(=O)(=O)NN(C(=N)N)C(N)=Nc1ccccc1. The van der Waals surface area contributed by atoms with Gasteiger partial charge in [-0.05, 0) is 12.1 Å². The molecule has 0 heterocycles. The summed E-state index contributed by atoms with van der Waals surface area (Å²) in [6.45, 7) is 0. The van der Waals surface area contributed by atoms with E-state index in [0.717, 1.165) is 6.26 Å². The summed E-state index contributed by atoms with van der Waals surface area (Å²) >= 11 is 0. The lowest BCUT2D eigenvalue weighted by Gasteiger charge is -2.20. The maximum atomic E-state index is 11.1. The molecule has 0 radical (unpaired) electrons. The summed E-state index contributed by atoms with van der Waals surface area (Å²) in [5, 5.41) is 7.91. The van der Waals surface area contributed by atoms with Gasteiger partial charge in [0.05, 0.1) is 11.9 Å². The van der Waals surface area contributed by atoms with Gasteiger partial charge in [0.15, 0.2) is 0 Å². The number of nitrogens with one attached hydrogen (secondary N) is 2. The van der Waals surface area contributed by atoms with Gasteiger partial charge in [0.25, 0.3) is 0 Å². The van der Waals surface area contributed by atoms with Crippen molar-refractivity contribution in [3.8, 4) is 0 Å². The molecule has 1 rings (SSSR count). The van der Waals surface area contributed by atoms with Crippen molar-refractivity contribution in [1.29, 1.82) is 5.41 Å². The lowest BCUT2D eigenvalue weighted by molar-refractivity contribution is 0.508. The van der Waals surface area contributed by atoms with Gasteiger partial charge in [0.2, 0.25) is 21.9 Å². The molecule has 1 aromatic carbocycles. The van der Waals surface area contributed by atoms with Crippen LogP contribution in [-0.2, 0) is 10.0 Å². The number of benzene rings is 1. The number of para-hydroxylation sites is 1. The minimum absolute atomic E-state index is 0.251. The van der Waals surface area contributed by atoms with Crippen LogP contribution in [0.5, 0.6) is 0 Å². The highest BCUT2D eigenvalue weighted by atomic mass is 32.2.